The molecule has 3 aliphatic heterocycles. The van der Waals surface area contributed by atoms with Gasteiger partial charge in [-0.05, 0) is 107 Å². The highest BCUT2D eigenvalue weighted by molar-refractivity contribution is 6.39. The second-order valence-corrected chi connectivity index (χ2v) is 18.1. The number of ether oxygens (including phenoxy) is 3. The summed E-state index contributed by atoms with van der Waals surface area (Å²) in [5.41, 5.74) is 1.13. The van der Waals surface area contributed by atoms with Gasteiger partial charge in [0, 0.05) is 44.8 Å². The number of fused-ring (bicyclic) bond motifs is 3. The lowest BCUT2D eigenvalue weighted by Crippen LogP contribution is -2.59. The van der Waals surface area contributed by atoms with Crippen molar-refractivity contribution in [1.29, 1.82) is 0 Å². The fraction of sp³-hybridized carbons (Fsp3) is 0.723. The minimum absolute atomic E-state index is 0.00485. The van der Waals surface area contributed by atoms with Crippen molar-refractivity contribution in [1.82, 2.24) is 4.90 Å². The lowest BCUT2D eigenvalue weighted by molar-refractivity contribution is -0.265. The lowest BCUT2D eigenvalue weighted by Gasteiger charge is -2.41. The minimum Gasteiger partial charge on any atom is -0.460 e. The zero-order chi connectivity index (χ0) is 44.3. The number of cyclic esters (lactones) is 1. The number of rotatable bonds is 4. The number of carbonyl (C=O) groups excluding carboxylic acids is 5. The maximum atomic E-state index is 14.1. The maximum absolute atomic E-state index is 14.1. The number of hydrogen-bond donors (Lipinski definition) is 4. The van der Waals surface area contributed by atoms with Crippen molar-refractivity contribution < 1.29 is 58.6 Å². The van der Waals surface area contributed by atoms with E-state index in [0.29, 0.717) is 51.4 Å². The molecule has 4 aliphatic rings. The van der Waals surface area contributed by atoms with E-state index in [9.17, 15) is 44.4 Å². The Morgan fingerprint density at radius 1 is 0.867 bits per heavy atom. The number of aliphatic hydroxyl groups is 4. The van der Waals surface area contributed by atoms with Gasteiger partial charge in [-0.25, -0.2) is 4.79 Å². The van der Waals surface area contributed by atoms with Gasteiger partial charge in [0.25, 0.3) is 11.7 Å². The number of amides is 1. The fourth-order valence-corrected chi connectivity index (χ4v) is 9.04. The van der Waals surface area contributed by atoms with Crippen LogP contribution in [-0.4, -0.2) is 117 Å². The van der Waals surface area contributed by atoms with Crippen LogP contribution in [0.4, 0.5) is 0 Å². The van der Waals surface area contributed by atoms with Gasteiger partial charge in [0.15, 0.2) is 5.78 Å². The quantitative estimate of drug-likeness (QED) is 0.163. The summed E-state index contributed by atoms with van der Waals surface area (Å²) in [6.07, 6.45) is 11.2. The molecule has 3 fully saturated rings. The number of carbonyl (C=O) groups is 5. The highest BCUT2D eigenvalue weighted by atomic mass is 16.6. The largest absolute Gasteiger partial charge is 0.460 e. The molecule has 2 bridgehead atoms. The van der Waals surface area contributed by atoms with Crippen LogP contribution in [0.1, 0.15) is 125 Å². The molecule has 1 aliphatic carbocycles. The first kappa shape index (κ1) is 49.3. The van der Waals surface area contributed by atoms with Crippen molar-refractivity contribution in [3.8, 4) is 0 Å². The van der Waals surface area contributed by atoms with E-state index in [0.717, 1.165) is 23.3 Å². The van der Waals surface area contributed by atoms with Gasteiger partial charge in [0.1, 0.15) is 30.1 Å². The summed E-state index contributed by atoms with van der Waals surface area (Å²) in [4.78, 5) is 70.0. The van der Waals surface area contributed by atoms with E-state index in [1.54, 1.807) is 27.9 Å². The standard InChI is InChI=1S/C47H71NO12/c1-28-12-9-8-10-13-29(2)40(58-7)26-36-21-16-33(6)47(57,60-36)44(54)45(55)48-23-11-14-37(48)46(56)59-41(31(4)25-34-17-19-35(49)20-18-34)27-39(51)30(3)24-32(5)42(52)43(53)38(50)22-15-28/h8-10,12-13,24,28,30-31,33-37,40-43,49,52-53,57H,11,14-23,25-27H2,1-7H3/b10-8+,12-9+,29-13+,32-24+/t28-,30-,31-,33-,34-,35-,36+,37?,40+,41+,42-,43+,47-/m1/s1. The molecule has 0 aromatic rings. The molecule has 0 spiro atoms. The van der Waals surface area contributed by atoms with Crippen molar-refractivity contribution in [3.05, 3.63) is 47.6 Å². The summed E-state index contributed by atoms with van der Waals surface area (Å²) in [5, 5.41) is 43.6. The van der Waals surface area contributed by atoms with E-state index in [4.69, 9.17) is 14.2 Å². The van der Waals surface area contributed by atoms with Crippen LogP contribution in [-0.2, 0) is 38.2 Å². The second kappa shape index (κ2) is 22.7. The SMILES string of the molecule is CO[C@H]1C[C@@H]2CC[C@@H](C)[C@@](O)(O2)C(=O)C(=O)N2CCCC2C(=O)O[C@H]([C@H](C)C[C@H]2CC[C@H](O)CC2)CC(=O)[C@H](C)/C=C(\C)[C@@H](O)[C@@H](O)C(=O)CC[C@H](C)/C=C/C=C/C=C/1C. The Labute approximate surface area is 356 Å². The fourth-order valence-electron chi connectivity index (χ4n) is 9.04. The zero-order valence-corrected chi connectivity index (χ0v) is 36.8. The van der Waals surface area contributed by atoms with Crippen LogP contribution in [0.5, 0.6) is 0 Å². The number of Topliss-reactive ketones (excluding diaryl/α,β-unsaturated/α-hetero) is 3. The van der Waals surface area contributed by atoms with Crippen molar-refractivity contribution in [2.45, 2.75) is 173 Å². The van der Waals surface area contributed by atoms with Gasteiger partial charge >= 0.3 is 5.97 Å². The molecule has 0 radical (unpaired) electrons. The average Bonchev–Trinajstić information content (AvgIpc) is 3.72. The molecule has 1 saturated carbocycles. The molecule has 13 heteroatoms. The predicted molar refractivity (Wildman–Crippen MR) is 225 cm³/mol. The Kier molecular flexibility index (Phi) is 18.6. The number of aliphatic hydroxyl groups excluding tert-OH is 3. The van der Waals surface area contributed by atoms with Gasteiger partial charge in [-0.3, -0.25) is 19.2 Å². The van der Waals surface area contributed by atoms with E-state index in [1.165, 1.54) is 6.08 Å². The van der Waals surface area contributed by atoms with Crippen LogP contribution < -0.4 is 0 Å². The van der Waals surface area contributed by atoms with Gasteiger partial charge in [-0.2, -0.15) is 0 Å². The van der Waals surface area contributed by atoms with Crippen LogP contribution in [0.25, 0.3) is 0 Å². The van der Waals surface area contributed by atoms with Crippen molar-refractivity contribution in [2.75, 3.05) is 13.7 Å². The molecule has 1 unspecified atom stereocenters. The first-order valence-electron chi connectivity index (χ1n) is 22.1. The Morgan fingerprint density at radius 2 is 1.57 bits per heavy atom. The Hall–Kier alpha value is -3.33. The first-order valence-corrected chi connectivity index (χ1v) is 22.1. The Bertz CT molecular complexity index is 1630. The van der Waals surface area contributed by atoms with E-state index >= 15 is 0 Å². The normalized spacial score (nSPS) is 40.1. The van der Waals surface area contributed by atoms with E-state index in [-0.39, 0.29) is 61.0 Å². The van der Waals surface area contributed by atoms with Crippen LogP contribution in [0.2, 0.25) is 0 Å². The predicted octanol–water partition coefficient (Wildman–Crippen LogP) is 5.27. The molecule has 60 heavy (non-hydrogen) atoms. The Balaban J connectivity index is 1.64. The molecule has 336 valence electrons. The molecule has 0 aromatic heterocycles. The second-order valence-electron chi connectivity index (χ2n) is 18.1. The van der Waals surface area contributed by atoms with E-state index in [2.05, 4.69) is 0 Å². The summed E-state index contributed by atoms with van der Waals surface area (Å²) >= 11 is 0. The third-order valence-electron chi connectivity index (χ3n) is 13.3. The number of nitrogens with zero attached hydrogens (tertiary/aromatic N) is 1. The molecule has 4 rings (SSSR count). The number of esters is 1. The molecule has 2 saturated heterocycles. The van der Waals surface area contributed by atoms with Crippen molar-refractivity contribution in [3.63, 3.8) is 0 Å². The summed E-state index contributed by atoms with van der Waals surface area (Å²) < 4.78 is 18.0. The van der Waals surface area contributed by atoms with Gasteiger partial charge in [-0.1, -0.05) is 64.2 Å². The third kappa shape index (κ3) is 13.1. The topological polar surface area (TPSA) is 197 Å². The minimum atomic E-state index is -2.41. The molecule has 11 atom stereocenters. The number of allylic oxidation sites excluding steroid dienone is 6. The molecule has 1 amide bonds. The highest BCUT2D eigenvalue weighted by Crippen LogP contribution is 2.37. The number of methoxy groups -OCH3 is 1. The van der Waals surface area contributed by atoms with Crippen molar-refractivity contribution >= 4 is 29.2 Å². The molecule has 0 aromatic carbocycles. The summed E-state index contributed by atoms with van der Waals surface area (Å²) in [7, 11) is 1.56. The van der Waals surface area contributed by atoms with E-state index in [1.807, 2.05) is 51.2 Å². The van der Waals surface area contributed by atoms with Gasteiger partial charge in [-0.15, -0.1) is 0 Å². The smallest absolute Gasteiger partial charge is 0.329 e. The molecule has 3 heterocycles. The lowest BCUT2D eigenvalue weighted by atomic mass is 9.79. The number of ketones is 3. The number of hydrogen-bond acceptors (Lipinski definition) is 12. The first-order chi connectivity index (χ1) is 28.4. The van der Waals surface area contributed by atoms with Crippen molar-refractivity contribution in [2.24, 2.45) is 29.6 Å². The molecular weight excluding hydrogens is 771 g/mol. The summed E-state index contributed by atoms with van der Waals surface area (Å²) in [6, 6.07) is -1.12. The van der Waals surface area contributed by atoms with Crippen LogP contribution in [0.15, 0.2) is 47.6 Å². The Morgan fingerprint density at radius 3 is 2.25 bits per heavy atom. The van der Waals surface area contributed by atoms with Crippen LogP contribution in [0.3, 0.4) is 0 Å². The van der Waals surface area contributed by atoms with Gasteiger partial charge in [0.05, 0.1) is 18.3 Å². The monoisotopic (exact) mass is 841 g/mol. The van der Waals surface area contributed by atoms with Crippen LogP contribution in [0, 0.1) is 29.6 Å². The average molecular weight is 842 g/mol. The molecular formula is C47H71NO12. The third-order valence-corrected chi connectivity index (χ3v) is 13.3. The molecule has 13 nitrogen and oxygen atoms in total. The van der Waals surface area contributed by atoms with Crippen LogP contribution >= 0.6 is 0 Å². The van der Waals surface area contributed by atoms with Gasteiger partial charge < -0.3 is 39.5 Å². The molecule has 4 N–H and O–H groups in total. The van der Waals surface area contributed by atoms with Gasteiger partial charge in [0.2, 0.25) is 5.79 Å². The highest BCUT2D eigenvalue weighted by Gasteiger charge is 2.53. The zero-order valence-electron chi connectivity index (χ0n) is 36.8. The summed E-state index contributed by atoms with van der Waals surface area (Å²) in [6.45, 7) is 10.7. The van der Waals surface area contributed by atoms with E-state index < -0.39 is 77.6 Å². The summed E-state index contributed by atoms with van der Waals surface area (Å²) in [5.74, 6) is -7.64. The maximum Gasteiger partial charge on any atom is 0.329 e.